The summed E-state index contributed by atoms with van der Waals surface area (Å²) in [4.78, 5) is 18.2. The molecule has 1 aromatic rings. The van der Waals surface area contributed by atoms with Gasteiger partial charge in [-0.3, -0.25) is 4.79 Å². The first kappa shape index (κ1) is 14.8. The summed E-state index contributed by atoms with van der Waals surface area (Å²) < 4.78 is 0. The lowest BCUT2D eigenvalue weighted by Crippen LogP contribution is -2.31. The predicted octanol–water partition coefficient (Wildman–Crippen LogP) is 1.28. The Morgan fingerprint density at radius 3 is 2.80 bits per heavy atom. The number of rotatable bonds is 5. The molecule has 2 atom stereocenters. The lowest BCUT2D eigenvalue weighted by molar-refractivity contribution is -0.122. The van der Waals surface area contributed by atoms with Crippen LogP contribution in [0.15, 0.2) is 18.3 Å². The fourth-order valence-electron chi connectivity index (χ4n) is 2.62. The molecule has 5 nitrogen and oxygen atoms in total. The lowest BCUT2D eigenvalue weighted by atomic mass is 10.00. The maximum absolute atomic E-state index is 11.9. The summed E-state index contributed by atoms with van der Waals surface area (Å²) in [7, 11) is 3.91. The maximum atomic E-state index is 11.9. The van der Waals surface area contributed by atoms with Crippen LogP contribution in [0, 0.1) is 5.92 Å². The van der Waals surface area contributed by atoms with E-state index >= 15 is 0 Å². The third-order valence-electron chi connectivity index (χ3n) is 3.92. The van der Waals surface area contributed by atoms with Gasteiger partial charge in [0.1, 0.15) is 5.82 Å². The topological polar surface area (TPSA) is 71.2 Å². The summed E-state index contributed by atoms with van der Waals surface area (Å²) in [5, 5.41) is 2.95. The number of hydrogen-bond acceptors (Lipinski definition) is 4. The summed E-state index contributed by atoms with van der Waals surface area (Å²) in [5.41, 5.74) is 7.00. The van der Waals surface area contributed by atoms with E-state index in [0.29, 0.717) is 18.9 Å². The second-order valence-corrected chi connectivity index (χ2v) is 5.75. The average Bonchev–Trinajstić information content (AvgIpc) is 2.82. The van der Waals surface area contributed by atoms with Gasteiger partial charge in [0.2, 0.25) is 5.91 Å². The first-order chi connectivity index (χ1) is 9.56. The molecular weight excluding hydrogens is 252 g/mol. The van der Waals surface area contributed by atoms with Crippen LogP contribution in [0.4, 0.5) is 5.82 Å². The third-order valence-corrected chi connectivity index (χ3v) is 3.92. The van der Waals surface area contributed by atoms with Crippen molar-refractivity contribution in [2.75, 3.05) is 19.0 Å². The Morgan fingerprint density at radius 2 is 2.25 bits per heavy atom. The molecule has 0 aromatic carbocycles. The molecule has 1 saturated carbocycles. The zero-order chi connectivity index (χ0) is 14.5. The van der Waals surface area contributed by atoms with Crippen molar-refractivity contribution in [3.8, 4) is 0 Å². The van der Waals surface area contributed by atoms with Crippen LogP contribution in [0.3, 0.4) is 0 Å². The molecule has 2 rings (SSSR count). The number of carbonyl (C=O) groups is 1. The summed E-state index contributed by atoms with van der Waals surface area (Å²) >= 11 is 0. The quantitative estimate of drug-likeness (QED) is 0.850. The Kier molecular flexibility index (Phi) is 4.95. The highest BCUT2D eigenvalue weighted by molar-refractivity contribution is 5.76. The number of hydrogen-bond donors (Lipinski definition) is 2. The minimum atomic E-state index is 0.0871. The van der Waals surface area contributed by atoms with Crippen molar-refractivity contribution in [1.29, 1.82) is 0 Å². The third kappa shape index (κ3) is 3.93. The van der Waals surface area contributed by atoms with E-state index < -0.39 is 0 Å². The first-order valence-electron chi connectivity index (χ1n) is 7.21. The molecule has 0 spiro atoms. The Balaban J connectivity index is 1.78. The van der Waals surface area contributed by atoms with Gasteiger partial charge in [-0.15, -0.1) is 0 Å². The fourth-order valence-corrected chi connectivity index (χ4v) is 2.62. The lowest BCUT2D eigenvalue weighted by Gasteiger charge is -2.15. The van der Waals surface area contributed by atoms with Gasteiger partial charge in [0, 0.05) is 39.3 Å². The molecule has 110 valence electrons. The molecule has 1 fully saturated rings. The number of amides is 1. The number of nitrogens with zero attached hydrogens (tertiary/aromatic N) is 2. The van der Waals surface area contributed by atoms with Crippen LogP contribution in [0.1, 0.15) is 31.2 Å². The Labute approximate surface area is 120 Å². The summed E-state index contributed by atoms with van der Waals surface area (Å²) in [6.07, 6.45) is 5.62. The monoisotopic (exact) mass is 276 g/mol. The second kappa shape index (κ2) is 6.70. The molecule has 0 bridgehead atoms. The van der Waals surface area contributed by atoms with E-state index in [9.17, 15) is 4.79 Å². The van der Waals surface area contributed by atoms with E-state index in [0.717, 1.165) is 30.6 Å². The van der Waals surface area contributed by atoms with E-state index in [1.54, 1.807) is 6.20 Å². The van der Waals surface area contributed by atoms with E-state index in [-0.39, 0.29) is 11.9 Å². The van der Waals surface area contributed by atoms with Gasteiger partial charge in [-0.2, -0.15) is 0 Å². The maximum Gasteiger partial charge on any atom is 0.220 e. The number of aromatic nitrogens is 1. The molecule has 1 heterocycles. The van der Waals surface area contributed by atoms with Crippen molar-refractivity contribution < 1.29 is 4.79 Å². The minimum absolute atomic E-state index is 0.0871. The van der Waals surface area contributed by atoms with Crippen molar-refractivity contribution in [2.24, 2.45) is 11.7 Å². The molecule has 3 N–H and O–H groups in total. The largest absolute Gasteiger partial charge is 0.363 e. The fraction of sp³-hybridized carbons (Fsp3) is 0.600. The number of anilines is 1. The zero-order valence-electron chi connectivity index (χ0n) is 12.3. The van der Waals surface area contributed by atoms with Crippen molar-refractivity contribution in [3.63, 3.8) is 0 Å². The van der Waals surface area contributed by atoms with Crippen molar-refractivity contribution in [2.45, 2.75) is 38.3 Å². The van der Waals surface area contributed by atoms with Crippen LogP contribution in [0.25, 0.3) is 0 Å². The molecule has 1 aliphatic carbocycles. The molecule has 0 radical (unpaired) electrons. The van der Waals surface area contributed by atoms with Gasteiger partial charge in [-0.25, -0.2) is 4.98 Å². The van der Waals surface area contributed by atoms with E-state index in [2.05, 4.69) is 10.3 Å². The van der Waals surface area contributed by atoms with Crippen LogP contribution in [-0.2, 0) is 11.3 Å². The number of nitrogens with one attached hydrogen (secondary N) is 1. The van der Waals surface area contributed by atoms with Gasteiger partial charge in [0.25, 0.3) is 0 Å². The Morgan fingerprint density at radius 1 is 1.45 bits per heavy atom. The number of nitrogens with two attached hydrogens (primary N) is 1. The van der Waals surface area contributed by atoms with E-state index in [1.807, 2.05) is 31.1 Å². The molecular formula is C15H24N4O. The van der Waals surface area contributed by atoms with Crippen LogP contribution in [0.5, 0.6) is 0 Å². The smallest absolute Gasteiger partial charge is 0.220 e. The average molecular weight is 276 g/mol. The minimum Gasteiger partial charge on any atom is -0.363 e. The van der Waals surface area contributed by atoms with E-state index in [1.165, 1.54) is 0 Å². The number of carbonyl (C=O) groups excluding carboxylic acids is 1. The summed E-state index contributed by atoms with van der Waals surface area (Å²) in [6, 6.07) is 4.14. The standard InChI is InChI=1S/C15H24N4O/c1-19(2)14-7-6-11(9-17-14)10-18-15(20)8-12-4-3-5-13(12)16/h6-7,9,12-13H,3-5,8,10,16H2,1-2H3,(H,18,20)/t12-,13+/m0/s1. The van der Waals surface area contributed by atoms with Crippen LogP contribution < -0.4 is 16.0 Å². The van der Waals surface area contributed by atoms with Gasteiger partial charge < -0.3 is 16.0 Å². The normalized spacial score (nSPS) is 21.8. The molecule has 0 unspecified atom stereocenters. The van der Waals surface area contributed by atoms with Gasteiger partial charge >= 0.3 is 0 Å². The van der Waals surface area contributed by atoms with Crippen LogP contribution in [0.2, 0.25) is 0 Å². The van der Waals surface area contributed by atoms with Gasteiger partial charge in [-0.1, -0.05) is 12.5 Å². The summed E-state index contributed by atoms with van der Waals surface area (Å²) in [6.45, 7) is 0.529. The van der Waals surface area contributed by atoms with E-state index in [4.69, 9.17) is 5.73 Å². The first-order valence-corrected chi connectivity index (χ1v) is 7.21. The highest BCUT2D eigenvalue weighted by atomic mass is 16.1. The van der Waals surface area contributed by atoms with Gasteiger partial charge in [0.05, 0.1) is 0 Å². The molecule has 1 aliphatic rings. The highest BCUT2D eigenvalue weighted by Gasteiger charge is 2.25. The highest BCUT2D eigenvalue weighted by Crippen LogP contribution is 2.26. The predicted molar refractivity (Wildman–Crippen MR) is 80.3 cm³/mol. The van der Waals surface area contributed by atoms with Crippen molar-refractivity contribution in [3.05, 3.63) is 23.9 Å². The van der Waals surface area contributed by atoms with Gasteiger partial charge in [-0.05, 0) is 30.4 Å². The molecule has 0 saturated heterocycles. The van der Waals surface area contributed by atoms with Crippen LogP contribution >= 0.6 is 0 Å². The van der Waals surface area contributed by atoms with Gasteiger partial charge in [0.15, 0.2) is 0 Å². The van der Waals surface area contributed by atoms with Crippen molar-refractivity contribution in [1.82, 2.24) is 10.3 Å². The zero-order valence-corrected chi connectivity index (χ0v) is 12.3. The Bertz CT molecular complexity index is 444. The second-order valence-electron chi connectivity index (χ2n) is 5.75. The molecule has 0 aliphatic heterocycles. The SMILES string of the molecule is CN(C)c1ccc(CNC(=O)C[C@@H]2CCC[C@H]2N)cn1. The molecule has 20 heavy (non-hydrogen) atoms. The molecule has 5 heteroatoms. The summed E-state index contributed by atoms with van der Waals surface area (Å²) in [5.74, 6) is 1.35. The molecule has 1 amide bonds. The van der Waals surface area contributed by atoms with Crippen molar-refractivity contribution >= 4 is 11.7 Å². The Hall–Kier alpha value is -1.62. The number of pyridine rings is 1. The van der Waals surface area contributed by atoms with Crippen LogP contribution in [-0.4, -0.2) is 31.0 Å². The molecule has 1 aromatic heterocycles.